The fraction of sp³-hybridized carbons (Fsp3) is 0.125. The number of benzene rings is 3. The molecule has 0 atom stereocenters. The van der Waals surface area contributed by atoms with Gasteiger partial charge >= 0.3 is 5.69 Å². The molecule has 0 unspecified atom stereocenters. The van der Waals surface area contributed by atoms with E-state index in [1.54, 1.807) is 31.2 Å². The van der Waals surface area contributed by atoms with Gasteiger partial charge in [-0.25, -0.2) is 4.79 Å². The van der Waals surface area contributed by atoms with Crippen LogP contribution in [0, 0.1) is 6.92 Å². The molecule has 0 aliphatic carbocycles. The highest BCUT2D eigenvalue weighted by Crippen LogP contribution is 2.22. The quantitative estimate of drug-likeness (QED) is 0.495. The van der Waals surface area contributed by atoms with E-state index in [1.807, 2.05) is 42.5 Å². The van der Waals surface area contributed by atoms with Crippen molar-refractivity contribution in [2.45, 2.75) is 19.9 Å². The molecule has 4 aromatic rings. The van der Waals surface area contributed by atoms with Crippen LogP contribution < -0.4 is 11.2 Å². The Morgan fingerprint density at radius 2 is 1.67 bits per heavy atom. The van der Waals surface area contributed by atoms with E-state index in [9.17, 15) is 14.4 Å². The van der Waals surface area contributed by atoms with Gasteiger partial charge in [-0.3, -0.25) is 19.1 Å². The molecular formula is C24H19ClN2O3. The minimum Gasteiger partial charge on any atom is -0.292 e. The number of H-pyrrole nitrogens is 1. The van der Waals surface area contributed by atoms with Crippen molar-refractivity contribution < 1.29 is 4.79 Å². The summed E-state index contributed by atoms with van der Waals surface area (Å²) in [6.07, 6.45) is 0.361. The monoisotopic (exact) mass is 418 g/mol. The van der Waals surface area contributed by atoms with Crippen molar-refractivity contribution in [1.29, 1.82) is 0 Å². The molecule has 0 radical (unpaired) electrons. The van der Waals surface area contributed by atoms with E-state index in [0.717, 1.165) is 16.3 Å². The molecule has 0 aliphatic rings. The summed E-state index contributed by atoms with van der Waals surface area (Å²) >= 11 is 5.90. The van der Waals surface area contributed by atoms with E-state index < -0.39 is 11.2 Å². The predicted molar refractivity (Wildman–Crippen MR) is 119 cm³/mol. The van der Waals surface area contributed by atoms with Gasteiger partial charge in [0, 0.05) is 28.3 Å². The summed E-state index contributed by atoms with van der Waals surface area (Å²) in [4.78, 5) is 40.0. The summed E-state index contributed by atoms with van der Waals surface area (Å²) in [5.74, 6) is -0.237. The van der Waals surface area contributed by atoms with Gasteiger partial charge in [0.1, 0.15) is 0 Å². The van der Waals surface area contributed by atoms with Crippen molar-refractivity contribution in [2.24, 2.45) is 0 Å². The molecule has 30 heavy (non-hydrogen) atoms. The van der Waals surface area contributed by atoms with Crippen molar-refractivity contribution in [3.63, 3.8) is 0 Å². The van der Waals surface area contributed by atoms with Crippen LogP contribution >= 0.6 is 11.6 Å². The summed E-state index contributed by atoms with van der Waals surface area (Å²) in [5, 5.41) is 2.64. The van der Waals surface area contributed by atoms with Crippen LogP contribution in [0.15, 0.2) is 76.3 Å². The van der Waals surface area contributed by atoms with Crippen LogP contribution in [0.1, 0.15) is 27.2 Å². The van der Waals surface area contributed by atoms with E-state index >= 15 is 0 Å². The summed E-state index contributed by atoms with van der Waals surface area (Å²) in [7, 11) is 0. The number of hydrogen-bond acceptors (Lipinski definition) is 3. The van der Waals surface area contributed by atoms with Gasteiger partial charge in [0.2, 0.25) is 0 Å². The highest BCUT2D eigenvalue weighted by Gasteiger charge is 2.17. The molecule has 3 aromatic carbocycles. The van der Waals surface area contributed by atoms with Gasteiger partial charge in [0.25, 0.3) is 5.56 Å². The zero-order chi connectivity index (χ0) is 21.3. The second kappa shape index (κ2) is 8.13. The smallest absolute Gasteiger partial charge is 0.292 e. The molecule has 1 N–H and O–H groups in total. The van der Waals surface area contributed by atoms with Crippen molar-refractivity contribution in [3.05, 3.63) is 115 Å². The molecule has 150 valence electrons. The zero-order valence-corrected chi connectivity index (χ0v) is 17.1. The number of carbonyl (C=O) groups is 1. The van der Waals surface area contributed by atoms with Crippen molar-refractivity contribution in [2.75, 3.05) is 0 Å². The van der Waals surface area contributed by atoms with Crippen LogP contribution in [0.3, 0.4) is 0 Å². The van der Waals surface area contributed by atoms with E-state index in [1.165, 1.54) is 4.57 Å². The minimum absolute atomic E-state index is 0.168. The van der Waals surface area contributed by atoms with Crippen LogP contribution in [0.4, 0.5) is 0 Å². The molecule has 0 fully saturated rings. The Kier molecular flexibility index (Phi) is 5.38. The summed E-state index contributed by atoms with van der Waals surface area (Å²) < 4.78 is 1.36. The predicted octanol–water partition coefficient (Wildman–Crippen LogP) is 4.13. The van der Waals surface area contributed by atoms with Gasteiger partial charge in [-0.2, -0.15) is 0 Å². The first-order chi connectivity index (χ1) is 14.4. The van der Waals surface area contributed by atoms with Crippen LogP contribution in [-0.4, -0.2) is 15.3 Å². The second-order valence-corrected chi connectivity index (χ2v) is 7.60. The van der Waals surface area contributed by atoms with Crippen molar-refractivity contribution >= 4 is 28.2 Å². The van der Waals surface area contributed by atoms with E-state index in [0.29, 0.717) is 28.3 Å². The molecule has 0 aliphatic heterocycles. The first-order valence-electron chi connectivity index (χ1n) is 9.52. The Labute approximate surface area is 177 Å². The molecule has 5 nitrogen and oxygen atoms in total. The third-order valence-corrected chi connectivity index (χ3v) is 5.52. The Hall–Kier alpha value is -3.44. The number of fused-ring (bicyclic) bond motifs is 1. The number of carbonyl (C=O) groups excluding carboxylic acids is 1. The lowest BCUT2D eigenvalue weighted by Crippen LogP contribution is -2.36. The summed E-state index contributed by atoms with van der Waals surface area (Å²) in [5.41, 5.74) is 1.35. The normalized spacial score (nSPS) is 11.0. The first-order valence-corrected chi connectivity index (χ1v) is 9.90. The lowest BCUT2D eigenvalue weighted by Gasteiger charge is -2.15. The maximum absolute atomic E-state index is 12.8. The summed E-state index contributed by atoms with van der Waals surface area (Å²) in [6.45, 7) is 1.50. The SMILES string of the molecule is Cc1c(Cc2cccc3ccccc23)n(CC(=O)c2ccc(Cl)cc2)c(=O)[nH]c1=O. The van der Waals surface area contributed by atoms with Gasteiger partial charge in [-0.15, -0.1) is 0 Å². The van der Waals surface area contributed by atoms with Gasteiger partial charge < -0.3 is 0 Å². The largest absolute Gasteiger partial charge is 0.328 e. The van der Waals surface area contributed by atoms with Gasteiger partial charge in [0.05, 0.1) is 6.54 Å². The van der Waals surface area contributed by atoms with Crippen LogP contribution in [0.5, 0.6) is 0 Å². The standard InChI is InChI=1S/C24H19ClN2O3/c1-15-21(13-18-7-4-6-16-5-2-3-8-20(16)18)27(24(30)26-23(15)29)14-22(28)17-9-11-19(25)12-10-17/h2-12H,13-14H2,1H3,(H,26,29,30). The average Bonchev–Trinajstić information content (AvgIpc) is 2.75. The first kappa shape index (κ1) is 19.9. The number of Topliss-reactive ketones (excluding diaryl/α,β-unsaturated/α-hetero) is 1. The lowest BCUT2D eigenvalue weighted by molar-refractivity contribution is 0.0969. The Morgan fingerprint density at radius 1 is 0.967 bits per heavy atom. The average molecular weight is 419 g/mol. The van der Waals surface area contributed by atoms with Crippen LogP contribution in [0.25, 0.3) is 10.8 Å². The fourth-order valence-electron chi connectivity index (χ4n) is 3.61. The van der Waals surface area contributed by atoms with Crippen molar-refractivity contribution in [3.8, 4) is 0 Å². The maximum atomic E-state index is 12.8. The van der Waals surface area contributed by atoms with E-state index in [-0.39, 0.29) is 12.3 Å². The Morgan fingerprint density at radius 3 is 2.43 bits per heavy atom. The van der Waals surface area contributed by atoms with E-state index in [4.69, 9.17) is 11.6 Å². The van der Waals surface area contributed by atoms with Gasteiger partial charge in [-0.05, 0) is 47.5 Å². The minimum atomic E-state index is -0.594. The molecule has 4 rings (SSSR count). The maximum Gasteiger partial charge on any atom is 0.328 e. The number of nitrogens with zero attached hydrogens (tertiary/aromatic N) is 1. The zero-order valence-electron chi connectivity index (χ0n) is 16.3. The topological polar surface area (TPSA) is 71.9 Å². The molecule has 1 heterocycles. The number of ketones is 1. The fourth-order valence-corrected chi connectivity index (χ4v) is 3.73. The molecule has 0 saturated heterocycles. The third kappa shape index (κ3) is 3.84. The molecule has 0 saturated carbocycles. The number of halogens is 1. The molecule has 0 spiro atoms. The van der Waals surface area contributed by atoms with Gasteiger partial charge in [0.15, 0.2) is 5.78 Å². The third-order valence-electron chi connectivity index (χ3n) is 5.27. The number of hydrogen-bond donors (Lipinski definition) is 1. The second-order valence-electron chi connectivity index (χ2n) is 7.16. The molecular weight excluding hydrogens is 400 g/mol. The Bertz CT molecular complexity index is 1360. The van der Waals surface area contributed by atoms with Gasteiger partial charge in [-0.1, -0.05) is 54.1 Å². The van der Waals surface area contributed by atoms with Crippen LogP contribution in [-0.2, 0) is 13.0 Å². The van der Waals surface area contributed by atoms with Crippen molar-refractivity contribution in [1.82, 2.24) is 9.55 Å². The number of aromatic nitrogens is 2. The molecule has 0 amide bonds. The number of aromatic amines is 1. The highest BCUT2D eigenvalue weighted by molar-refractivity contribution is 6.30. The number of nitrogens with one attached hydrogen (secondary N) is 1. The lowest BCUT2D eigenvalue weighted by atomic mass is 9.99. The summed E-state index contributed by atoms with van der Waals surface area (Å²) in [6, 6.07) is 20.4. The molecule has 6 heteroatoms. The number of rotatable bonds is 5. The molecule has 0 bridgehead atoms. The highest BCUT2D eigenvalue weighted by atomic mass is 35.5. The van der Waals surface area contributed by atoms with Crippen LogP contribution in [0.2, 0.25) is 5.02 Å². The Balaban J connectivity index is 1.79. The molecule has 1 aromatic heterocycles. The van der Waals surface area contributed by atoms with E-state index in [2.05, 4.69) is 4.98 Å².